The van der Waals surface area contributed by atoms with Gasteiger partial charge in [0.2, 0.25) is 5.91 Å². The second kappa shape index (κ2) is 5.70. The topological polar surface area (TPSA) is 29.1 Å². The van der Waals surface area contributed by atoms with Crippen LogP contribution in [0.15, 0.2) is 30.3 Å². The molecule has 1 N–H and O–H groups in total. The van der Waals surface area contributed by atoms with E-state index in [0.717, 1.165) is 0 Å². The van der Waals surface area contributed by atoms with Crippen LogP contribution in [0.3, 0.4) is 0 Å². The van der Waals surface area contributed by atoms with E-state index in [9.17, 15) is 18.0 Å². The monoisotopic (exact) mass is 245 g/mol. The van der Waals surface area contributed by atoms with E-state index in [4.69, 9.17) is 0 Å². The fourth-order valence-corrected chi connectivity index (χ4v) is 1.56. The van der Waals surface area contributed by atoms with Gasteiger partial charge in [-0.05, 0) is 12.0 Å². The molecule has 0 saturated heterocycles. The first-order valence-corrected chi connectivity index (χ1v) is 5.27. The number of hydrogen-bond donors (Lipinski definition) is 1. The van der Waals surface area contributed by atoms with Crippen LogP contribution in [-0.4, -0.2) is 12.1 Å². The highest BCUT2D eigenvalue weighted by Gasteiger charge is 2.28. The van der Waals surface area contributed by atoms with Crippen LogP contribution in [0.5, 0.6) is 0 Å². The van der Waals surface area contributed by atoms with Crippen molar-refractivity contribution in [2.24, 2.45) is 0 Å². The van der Waals surface area contributed by atoms with Crippen LogP contribution in [0.4, 0.5) is 13.2 Å². The molecule has 0 heterocycles. The quantitative estimate of drug-likeness (QED) is 0.867. The first kappa shape index (κ1) is 13.5. The third kappa shape index (κ3) is 5.38. The van der Waals surface area contributed by atoms with Gasteiger partial charge in [-0.1, -0.05) is 30.3 Å². The van der Waals surface area contributed by atoms with Crippen molar-refractivity contribution in [2.45, 2.75) is 32.0 Å². The highest BCUT2D eigenvalue weighted by Crippen LogP contribution is 2.27. The molecule has 1 rings (SSSR count). The predicted molar refractivity (Wildman–Crippen MR) is 58.3 cm³/mol. The van der Waals surface area contributed by atoms with Gasteiger partial charge in [0.25, 0.3) is 0 Å². The van der Waals surface area contributed by atoms with Crippen LogP contribution in [0.25, 0.3) is 0 Å². The van der Waals surface area contributed by atoms with Crippen molar-refractivity contribution in [3.8, 4) is 0 Å². The Hall–Kier alpha value is -1.52. The van der Waals surface area contributed by atoms with Crippen molar-refractivity contribution in [3.05, 3.63) is 35.9 Å². The number of carbonyl (C=O) groups is 1. The number of hydrogen-bond acceptors (Lipinski definition) is 1. The van der Waals surface area contributed by atoms with Crippen molar-refractivity contribution < 1.29 is 18.0 Å². The molecule has 2 nitrogen and oxygen atoms in total. The lowest BCUT2D eigenvalue weighted by atomic mass is 10.0. The molecule has 0 aliphatic heterocycles. The summed E-state index contributed by atoms with van der Waals surface area (Å²) in [4.78, 5) is 11.0. The first-order valence-electron chi connectivity index (χ1n) is 5.27. The van der Waals surface area contributed by atoms with E-state index < -0.39 is 18.6 Å². The summed E-state index contributed by atoms with van der Waals surface area (Å²) in [6.07, 6.45) is -5.26. The molecule has 0 radical (unpaired) electrons. The number of carbonyl (C=O) groups excluding carboxylic acids is 1. The molecule has 17 heavy (non-hydrogen) atoms. The van der Waals surface area contributed by atoms with Crippen molar-refractivity contribution in [3.63, 3.8) is 0 Å². The number of nitrogens with one attached hydrogen (secondary N) is 1. The van der Waals surface area contributed by atoms with Crippen molar-refractivity contribution in [1.29, 1.82) is 0 Å². The van der Waals surface area contributed by atoms with E-state index in [1.807, 2.05) is 0 Å². The van der Waals surface area contributed by atoms with Crippen LogP contribution in [0.1, 0.15) is 31.4 Å². The lowest BCUT2D eigenvalue weighted by Crippen LogP contribution is -2.27. The fraction of sp³-hybridized carbons (Fsp3) is 0.417. The normalized spacial score (nSPS) is 13.2. The van der Waals surface area contributed by atoms with Crippen LogP contribution in [0, 0.1) is 0 Å². The summed E-state index contributed by atoms with van der Waals surface area (Å²) in [7, 11) is 0. The van der Waals surface area contributed by atoms with Crippen molar-refractivity contribution in [2.75, 3.05) is 0 Å². The molecule has 94 valence electrons. The van der Waals surface area contributed by atoms with E-state index in [-0.39, 0.29) is 12.3 Å². The molecule has 0 fully saturated rings. The highest BCUT2D eigenvalue weighted by atomic mass is 19.4. The zero-order valence-electron chi connectivity index (χ0n) is 9.42. The molecule has 0 aliphatic rings. The SMILES string of the molecule is CC(=O)N[C@H](CCC(F)(F)F)c1ccccc1. The fourth-order valence-electron chi connectivity index (χ4n) is 1.56. The molecule has 0 aliphatic carbocycles. The molecule has 0 unspecified atom stereocenters. The van der Waals surface area contributed by atoms with Gasteiger partial charge in [0.15, 0.2) is 0 Å². The second-order valence-electron chi connectivity index (χ2n) is 3.82. The van der Waals surface area contributed by atoms with Crippen LogP contribution in [0.2, 0.25) is 0 Å². The standard InChI is InChI=1S/C12H14F3NO/c1-9(17)16-11(7-8-12(13,14)15)10-5-3-2-4-6-10/h2-6,11H,7-8H2,1H3,(H,16,17)/t11-/m1/s1. The Balaban J connectivity index is 2.71. The Morgan fingerprint density at radius 3 is 2.35 bits per heavy atom. The van der Waals surface area contributed by atoms with Gasteiger partial charge in [-0.3, -0.25) is 4.79 Å². The van der Waals surface area contributed by atoms with Gasteiger partial charge in [-0.2, -0.15) is 13.2 Å². The average molecular weight is 245 g/mol. The Morgan fingerprint density at radius 1 is 1.29 bits per heavy atom. The van der Waals surface area contributed by atoms with Gasteiger partial charge in [0, 0.05) is 13.3 Å². The largest absolute Gasteiger partial charge is 0.389 e. The number of benzene rings is 1. The van der Waals surface area contributed by atoms with Gasteiger partial charge in [-0.15, -0.1) is 0 Å². The third-order valence-corrected chi connectivity index (χ3v) is 2.30. The molecule has 1 aromatic carbocycles. The van der Waals surface area contributed by atoms with Gasteiger partial charge >= 0.3 is 6.18 Å². The van der Waals surface area contributed by atoms with Gasteiger partial charge < -0.3 is 5.32 Å². The van der Waals surface area contributed by atoms with Crippen LogP contribution < -0.4 is 5.32 Å². The minimum Gasteiger partial charge on any atom is -0.350 e. The van der Waals surface area contributed by atoms with E-state index in [0.29, 0.717) is 5.56 Å². The zero-order chi connectivity index (χ0) is 12.9. The molecule has 0 saturated carbocycles. The van der Waals surface area contributed by atoms with E-state index in [1.165, 1.54) is 6.92 Å². The molecule has 1 amide bonds. The summed E-state index contributed by atoms with van der Waals surface area (Å²) < 4.78 is 36.5. The number of alkyl halides is 3. The molecule has 1 atom stereocenters. The summed E-state index contributed by atoms with van der Waals surface area (Å²) in [6.45, 7) is 1.30. The Kier molecular flexibility index (Phi) is 4.54. The summed E-state index contributed by atoms with van der Waals surface area (Å²) in [5.74, 6) is -0.332. The number of halogens is 3. The van der Waals surface area contributed by atoms with E-state index in [1.54, 1.807) is 30.3 Å². The Bertz CT molecular complexity index is 362. The molecular weight excluding hydrogens is 231 g/mol. The smallest absolute Gasteiger partial charge is 0.350 e. The minimum atomic E-state index is -4.20. The van der Waals surface area contributed by atoms with Gasteiger partial charge in [0.05, 0.1) is 6.04 Å². The van der Waals surface area contributed by atoms with Crippen molar-refractivity contribution >= 4 is 5.91 Å². The molecule has 1 aromatic rings. The summed E-state index contributed by atoms with van der Waals surface area (Å²) in [5.41, 5.74) is 0.687. The zero-order valence-corrected chi connectivity index (χ0v) is 9.42. The van der Waals surface area contributed by atoms with E-state index >= 15 is 0 Å². The highest BCUT2D eigenvalue weighted by molar-refractivity contribution is 5.73. The first-order chi connectivity index (χ1) is 7.88. The maximum Gasteiger partial charge on any atom is 0.389 e. The maximum absolute atomic E-state index is 12.2. The Morgan fingerprint density at radius 2 is 1.88 bits per heavy atom. The number of rotatable bonds is 4. The van der Waals surface area contributed by atoms with Gasteiger partial charge in [0.1, 0.15) is 0 Å². The third-order valence-electron chi connectivity index (χ3n) is 2.30. The predicted octanol–water partition coefficient (Wildman–Crippen LogP) is 3.21. The summed E-state index contributed by atoms with van der Waals surface area (Å²) in [5, 5.41) is 2.53. The molecular formula is C12H14F3NO. The second-order valence-corrected chi connectivity index (χ2v) is 3.82. The Labute approximate surface area is 97.8 Å². The lowest BCUT2D eigenvalue weighted by molar-refractivity contribution is -0.138. The average Bonchev–Trinajstić information content (AvgIpc) is 2.24. The molecule has 0 bridgehead atoms. The van der Waals surface area contributed by atoms with E-state index in [2.05, 4.69) is 5.32 Å². The van der Waals surface area contributed by atoms with Crippen LogP contribution in [-0.2, 0) is 4.79 Å². The molecule has 0 spiro atoms. The van der Waals surface area contributed by atoms with Gasteiger partial charge in [-0.25, -0.2) is 0 Å². The maximum atomic E-state index is 12.2. The number of amides is 1. The summed E-state index contributed by atoms with van der Waals surface area (Å²) in [6, 6.07) is 8.07. The molecule has 5 heteroatoms. The minimum absolute atomic E-state index is 0.146. The van der Waals surface area contributed by atoms with Crippen molar-refractivity contribution in [1.82, 2.24) is 5.32 Å². The molecule has 0 aromatic heterocycles. The van der Waals surface area contributed by atoms with Crippen LogP contribution >= 0.6 is 0 Å². The lowest BCUT2D eigenvalue weighted by Gasteiger charge is -2.19. The summed E-state index contributed by atoms with van der Waals surface area (Å²) >= 11 is 0.